The number of halogens is 3. The molecule has 0 spiro atoms. The molecule has 33 nitrogen and oxygen atoms in total. The first-order valence-corrected chi connectivity index (χ1v) is 29.9. The van der Waals surface area contributed by atoms with Crippen molar-refractivity contribution in [3.8, 4) is 0 Å². The van der Waals surface area contributed by atoms with Crippen molar-refractivity contribution in [2.45, 2.75) is 19.6 Å². The molecule has 42 heteroatoms. The molecular weight excluding hydrogens is 1230 g/mol. The summed E-state index contributed by atoms with van der Waals surface area (Å²) in [6, 6.07) is 10.8. The van der Waals surface area contributed by atoms with Crippen LogP contribution in [0.4, 0.5) is 57.7 Å². The van der Waals surface area contributed by atoms with Crippen molar-refractivity contribution in [1.29, 1.82) is 0 Å². The summed E-state index contributed by atoms with van der Waals surface area (Å²) >= 11 is 17.7. The predicted octanol–water partition coefficient (Wildman–Crippen LogP) is 4.47. The van der Waals surface area contributed by atoms with E-state index in [1.54, 1.807) is 0 Å². The predicted molar refractivity (Wildman–Crippen MR) is 273 cm³/mol. The number of fused-ring (bicyclic) bond motifs is 1. The number of nitrogens with one attached hydrogen (secondary N) is 4. The van der Waals surface area contributed by atoms with Crippen LogP contribution in [0, 0.1) is 0 Å². The first-order chi connectivity index (χ1) is 36.1. The number of benzene rings is 4. The average molecular weight is 1260 g/mol. The molecule has 0 saturated carbocycles. The van der Waals surface area contributed by atoms with E-state index in [0.29, 0.717) is 12.1 Å². The van der Waals surface area contributed by atoms with Crippen molar-refractivity contribution in [2.24, 2.45) is 15.3 Å². The summed E-state index contributed by atoms with van der Waals surface area (Å²) in [5, 5.41) is 17.7. The van der Waals surface area contributed by atoms with E-state index in [1.165, 1.54) is 12.1 Å². The Morgan fingerprint density at radius 2 is 1.12 bits per heavy atom. The quantitative estimate of drug-likeness (QED) is 0.0231. The van der Waals surface area contributed by atoms with E-state index in [1.807, 2.05) is 0 Å². The van der Waals surface area contributed by atoms with E-state index in [9.17, 15) is 73.5 Å². The SMILES string of the molecule is Nc1c(N=Nc2cc(Nc3nc(Cl)nc(Nc4cccc(S(=O)(=O)CCOS(=O)(=O)O)c4)n3)ccc2S(=O)(=O)O)c(S(=O)(=O)O)cc2c1C(=O)/C(=N/Nc1cc(Nc3nc(Cl)nc(Cl)n3)ccc1S(=O)(=O)O)C(S(=O)(=O)O)=C2. The zero-order valence-corrected chi connectivity index (χ0v) is 44.6. The molecule has 0 radical (unpaired) electrons. The third-order valence-corrected chi connectivity index (χ3v) is 15.8. The molecule has 0 fully saturated rings. The molecule has 412 valence electrons. The van der Waals surface area contributed by atoms with Crippen LogP contribution in [0.5, 0.6) is 0 Å². The van der Waals surface area contributed by atoms with Gasteiger partial charge in [-0.05, 0) is 107 Å². The molecule has 0 aliphatic heterocycles. The van der Waals surface area contributed by atoms with Gasteiger partial charge in [0.15, 0.2) is 15.5 Å². The number of rotatable bonds is 19. The van der Waals surface area contributed by atoms with Crippen molar-refractivity contribution in [1.82, 2.24) is 29.9 Å². The largest absolute Gasteiger partial charge is 0.397 e. The summed E-state index contributed by atoms with van der Waals surface area (Å²) in [4.78, 5) is 32.3. The number of sulfone groups is 1. The smallest absolute Gasteiger partial charge is 0.396 e. The Balaban J connectivity index is 1.25. The van der Waals surface area contributed by atoms with Crippen LogP contribution in [0.25, 0.3) is 6.08 Å². The van der Waals surface area contributed by atoms with E-state index in [4.69, 9.17) is 45.1 Å². The lowest BCUT2D eigenvalue weighted by molar-refractivity contribution is 0.106. The lowest BCUT2D eigenvalue weighted by Crippen LogP contribution is -2.28. The molecule has 1 aliphatic rings. The van der Waals surface area contributed by atoms with Gasteiger partial charge in [0.05, 0.1) is 34.2 Å². The second-order valence-corrected chi connectivity index (χ2v) is 24.7. The van der Waals surface area contributed by atoms with Crippen LogP contribution in [0.2, 0.25) is 15.9 Å². The number of anilines is 8. The number of carbonyl (C=O) groups is 1. The third kappa shape index (κ3) is 14.3. The second kappa shape index (κ2) is 22.0. The van der Waals surface area contributed by atoms with Crippen molar-refractivity contribution >= 4 is 171 Å². The van der Waals surface area contributed by atoms with Gasteiger partial charge < -0.3 is 21.7 Å². The minimum Gasteiger partial charge on any atom is -0.396 e. The minimum absolute atomic E-state index is 0.0307. The number of Topliss-reactive ketones (excluding diaryl/α,β-unsaturated/α-hetero) is 1. The number of nitrogens with two attached hydrogens (primary N) is 1. The number of carbonyl (C=O) groups excluding carboxylic acids is 1. The average Bonchev–Trinajstić information content (AvgIpc) is 3.31. The van der Waals surface area contributed by atoms with Gasteiger partial charge in [-0.2, -0.15) is 77.1 Å². The van der Waals surface area contributed by atoms with E-state index in [2.05, 4.69) is 70.8 Å². The maximum atomic E-state index is 14.2. The lowest BCUT2D eigenvalue weighted by atomic mass is 9.92. The molecule has 78 heavy (non-hydrogen) atoms. The Labute approximate surface area is 453 Å². The molecule has 7 rings (SSSR count). The molecule has 11 N–H and O–H groups in total. The Morgan fingerprint density at radius 1 is 0.590 bits per heavy atom. The Kier molecular flexibility index (Phi) is 16.5. The lowest BCUT2D eigenvalue weighted by Gasteiger charge is -2.20. The maximum absolute atomic E-state index is 14.2. The van der Waals surface area contributed by atoms with Crippen LogP contribution in [0.3, 0.4) is 0 Å². The van der Waals surface area contributed by atoms with Crippen LogP contribution >= 0.6 is 34.8 Å². The van der Waals surface area contributed by atoms with Crippen molar-refractivity contribution < 1.29 is 82.2 Å². The topological polar surface area (TPSA) is 521 Å². The molecule has 6 aromatic rings. The molecule has 1 aliphatic carbocycles. The maximum Gasteiger partial charge on any atom is 0.397 e. The third-order valence-electron chi connectivity index (χ3n) is 9.63. The number of hydrogen-bond acceptors (Lipinski definition) is 28. The van der Waals surface area contributed by atoms with Crippen LogP contribution in [-0.4, -0.2) is 127 Å². The summed E-state index contributed by atoms with van der Waals surface area (Å²) < 4.78 is 202. The monoisotopic (exact) mass is 1260 g/mol. The number of azo groups is 1. The summed E-state index contributed by atoms with van der Waals surface area (Å²) in [7, 11) is -30.6. The summed E-state index contributed by atoms with van der Waals surface area (Å²) in [6.45, 7) is -0.916. The van der Waals surface area contributed by atoms with Crippen LogP contribution in [-0.2, 0) is 64.9 Å². The van der Waals surface area contributed by atoms with Crippen LogP contribution in [0.15, 0.2) is 107 Å². The van der Waals surface area contributed by atoms with E-state index < -0.39 is 149 Å². The second-order valence-electron chi connectivity index (χ2n) is 14.9. The van der Waals surface area contributed by atoms with E-state index >= 15 is 0 Å². The number of hydrazone groups is 1. The summed E-state index contributed by atoms with van der Waals surface area (Å²) in [5.74, 6) is -3.47. The van der Waals surface area contributed by atoms with Crippen molar-refractivity contribution in [3.63, 3.8) is 0 Å². The molecule has 0 bridgehead atoms. The number of nitrogens with zero attached hydrogens (tertiary/aromatic N) is 9. The molecule has 2 aromatic heterocycles. The van der Waals surface area contributed by atoms with Crippen molar-refractivity contribution in [2.75, 3.05) is 39.5 Å². The molecule has 0 atom stereocenters. The normalized spacial score (nSPS) is 14.0. The number of aromatic nitrogens is 6. The van der Waals surface area contributed by atoms with Gasteiger partial charge in [-0.1, -0.05) is 6.07 Å². The van der Waals surface area contributed by atoms with E-state index in [0.717, 1.165) is 48.5 Å². The molecule has 0 unspecified atom stereocenters. The number of ketones is 1. The summed E-state index contributed by atoms with van der Waals surface area (Å²) in [5.41, 5.74) is 1.55. The number of allylic oxidation sites excluding steroid dienone is 1. The first-order valence-electron chi connectivity index (χ1n) is 20.0. The van der Waals surface area contributed by atoms with Gasteiger partial charge in [0, 0.05) is 17.1 Å². The van der Waals surface area contributed by atoms with Gasteiger partial charge in [-0.25, -0.2) is 12.6 Å². The minimum atomic E-state index is -5.55. The highest BCUT2D eigenvalue weighted by Crippen LogP contribution is 2.42. The fourth-order valence-corrected chi connectivity index (χ4v) is 11.1. The summed E-state index contributed by atoms with van der Waals surface area (Å²) in [6.07, 6.45) is 0.464. The van der Waals surface area contributed by atoms with Gasteiger partial charge >= 0.3 is 10.4 Å². The van der Waals surface area contributed by atoms with E-state index in [-0.39, 0.29) is 44.4 Å². The molecule has 0 saturated heterocycles. The molecular formula is C36H27Cl3N14O19S6. The molecule has 4 aromatic carbocycles. The van der Waals surface area contributed by atoms with Gasteiger partial charge in [0.25, 0.3) is 40.5 Å². The fourth-order valence-electron chi connectivity index (χ4n) is 6.49. The van der Waals surface area contributed by atoms with Gasteiger partial charge in [0.2, 0.25) is 39.5 Å². The van der Waals surface area contributed by atoms with Crippen LogP contribution in [0.1, 0.15) is 15.9 Å². The zero-order valence-electron chi connectivity index (χ0n) is 37.5. The first kappa shape index (κ1) is 58.6. The Hall–Kier alpha value is -7.09. The highest BCUT2D eigenvalue weighted by atomic mass is 35.5. The molecule has 2 heterocycles. The van der Waals surface area contributed by atoms with Crippen LogP contribution < -0.4 is 27.1 Å². The highest BCUT2D eigenvalue weighted by Gasteiger charge is 2.37. The Morgan fingerprint density at radius 3 is 1.67 bits per heavy atom. The van der Waals surface area contributed by atoms with Gasteiger partial charge in [-0.15, -0.1) is 10.2 Å². The molecule has 0 amide bonds. The fraction of sp³-hybridized carbons (Fsp3) is 0.0556. The van der Waals surface area contributed by atoms with Gasteiger partial charge in [-0.3, -0.25) is 33.0 Å². The highest BCUT2D eigenvalue weighted by molar-refractivity contribution is 7.91. The van der Waals surface area contributed by atoms with Gasteiger partial charge in [0.1, 0.15) is 31.0 Å². The standard InChI is InChI=1S/C36H27Cl3N14O19S6/c37-31-44-32(38)46-34(45-31)42-17-4-6-23(75(60,61)62)21(13-17)51-53-29-25(77(66,67)68)11-15-10-24(76(63,64)65)28(27(40)26(15)30(29)54)52-50-20-14-18(5-7-22(20)74(57,58)59)43-36-48-33(39)47-35(49-36)41-16-2-1-3-19(12-16)73(55,56)9-8-72-78(69,70)71/h1-7,10-14,51H,8-9,40H2,(H,57,58,59)(H,60,61,62)(H,63,64,65)(H,66,67,68)(H,69,70,71)(H,42,44,45,46)(H2,41,43,47,48,49)/b52-50?,53-29+. The number of nitrogen functional groups attached to an aromatic ring is 1. The number of hydrogen-bond donors (Lipinski definition) is 10. The zero-order chi connectivity index (χ0) is 57.5. The Bertz CT molecular complexity index is 4310. The van der Waals surface area contributed by atoms with Crippen molar-refractivity contribution in [3.05, 3.63) is 98.6 Å².